The Morgan fingerprint density at radius 1 is 1.22 bits per heavy atom. The number of nitriles is 1. The van der Waals surface area contributed by atoms with Crippen LogP contribution in [0.4, 0.5) is 24.7 Å². The van der Waals surface area contributed by atoms with Gasteiger partial charge in [-0.05, 0) is 50.3 Å². The Morgan fingerprint density at radius 3 is 2.83 bits per heavy atom. The molecule has 2 aliphatic carbocycles. The quantitative estimate of drug-likeness (QED) is 0.529. The summed E-state index contributed by atoms with van der Waals surface area (Å²) >= 11 is 0. The number of rotatable bonds is 5. The van der Waals surface area contributed by atoms with E-state index in [-0.39, 0.29) is 43.6 Å². The molecule has 3 atom stereocenters. The number of ether oxygens (including phenoxy) is 2. The predicted molar refractivity (Wildman–Crippen MR) is 146 cm³/mol. The van der Waals surface area contributed by atoms with E-state index in [0.717, 1.165) is 54.6 Å². The van der Waals surface area contributed by atoms with Crippen molar-refractivity contribution in [3.05, 3.63) is 40.1 Å². The number of aromatic nitrogens is 2. The number of halogens is 3. The van der Waals surface area contributed by atoms with E-state index in [9.17, 15) is 18.4 Å². The number of hydrogen-bond donors (Lipinski definition) is 1. The van der Waals surface area contributed by atoms with E-state index in [0.29, 0.717) is 42.9 Å². The summed E-state index contributed by atoms with van der Waals surface area (Å²) in [7, 11) is 1.78. The van der Waals surface area contributed by atoms with Gasteiger partial charge in [0.2, 0.25) is 0 Å². The fourth-order valence-electron chi connectivity index (χ4n) is 7.92. The molecule has 5 aliphatic rings. The fourth-order valence-corrected chi connectivity index (χ4v) is 7.92. The van der Waals surface area contributed by atoms with E-state index < -0.39 is 17.7 Å². The number of anilines is 2. The Bertz CT molecular complexity index is 1420. The summed E-state index contributed by atoms with van der Waals surface area (Å²) in [5.41, 5.74) is 9.29. The molecular weight excluding hydrogens is 533 g/mol. The molecule has 0 bridgehead atoms. The van der Waals surface area contributed by atoms with Crippen molar-refractivity contribution < 1.29 is 22.6 Å². The lowest BCUT2D eigenvalue weighted by Gasteiger charge is -2.45. The maximum atomic E-state index is 14.4. The van der Waals surface area contributed by atoms with E-state index in [1.165, 1.54) is 0 Å². The lowest BCUT2D eigenvalue weighted by atomic mass is 9.72. The summed E-state index contributed by atoms with van der Waals surface area (Å²) in [6, 6.07) is 5.85. The average Bonchev–Trinajstić information content (AvgIpc) is 3.45. The molecule has 4 heterocycles. The minimum atomic E-state index is -2.68. The first-order valence-corrected chi connectivity index (χ1v) is 14.6. The van der Waals surface area contributed by atoms with Crippen LogP contribution in [0.2, 0.25) is 0 Å². The van der Waals surface area contributed by atoms with Gasteiger partial charge in [0, 0.05) is 62.1 Å². The van der Waals surface area contributed by atoms with Crippen LogP contribution in [0.1, 0.15) is 72.9 Å². The minimum Gasteiger partial charge on any atom is -0.461 e. The molecule has 41 heavy (non-hydrogen) atoms. The molecule has 2 saturated heterocycles. The summed E-state index contributed by atoms with van der Waals surface area (Å²) in [6.07, 6.45) is 3.73. The molecule has 2 aromatic rings. The van der Waals surface area contributed by atoms with Crippen LogP contribution in [-0.4, -0.2) is 65.3 Å². The number of benzene rings is 1. The first-order chi connectivity index (χ1) is 19.6. The van der Waals surface area contributed by atoms with Crippen molar-refractivity contribution in [2.75, 3.05) is 37.4 Å². The third-order valence-corrected chi connectivity index (χ3v) is 10.1. The van der Waals surface area contributed by atoms with Gasteiger partial charge in [-0.25, -0.2) is 13.2 Å². The van der Waals surface area contributed by atoms with E-state index in [1.54, 1.807) is 18.0 Å². The number of nitrogens with zero attached hydrogens (tertiary/aromatic N) is 5. The van der Waals surface area contributed by atoms with Crippen molar-refractivity contribution in [1.82, 2.24) is 14.9 Å². The van der Waals surface area contributed by atoms with Crippen LogP contribution >= 0.6 is 0 Å². The number of fused-ring (bicyclic) bond motifs is 4. The number of nitrogens with two attached hydrogens (primary N) is 1. The average molecular weight is 569 g/mol. The van der Waals surface area contributed by atoms with Crippen molar-refractivity contribution in [3.63, 3.8) is 0 Å². The van der Waals surface area contributed by atoms with Crippen LogP contribution in [0.15, 0.2) is 12.1 Å². The highest BCUT2D eigenvalue weighted by Gasteiger charge is 2.51. The molecule has 1 spiro atoms. The molecule has 1 aromatic carbocycles. The lowest BCUT2D eigenvalue weighted by Crippen LogP contribution is -2.50. The third-order valence-electron chi connectivity index (χ3n) is 10.1. The largest absolute Gasteiger partial charge is 0.461 e. The van der Waals surface area contributed by atoms with Gasteiger partial charge >= 0.3 is 6.01 Å². The number of nitrogen functional groups attached to an aromatic ring is 1. The van der Waals surface area contributed by atoms with Gasteiger partial charge in [-0.15, -0.1) is 0 Å². The first kappa shape index (κ1) is 26.8. The summed E-state index contributed by atoms with van der Waals surface area (Å²) in [4.78, 5) is 13.6. The minimum absolute atomic E-state index is 0.168. The van der Waals surface area contributed by atoms with E-state index in [1.807, 2.05) is 6.07 Å². The Hall–Kier alpha value is -3.10. The molecule has 1 saturated carbocycles. The Labute approximate surface area is 237 Å². The van der Waals surface area contributed by atoms with Gasteiger partial charge in [0.15, 0.2) is 0 Å². The van der Waals surface area contributed by atoms with Crippen LogP contribution in [0.5, 0.6) is 6.01 Å². The zero-order valence-corrected chi connectivity index (χ0v) is 23.3. The molecule has 3 fully saturated rings. The third kappa shape index (κ3) is 4.33. The summed E-state index contributed by atoms with van der Waals surface area (Å²) in [5.74, 6) is -2.15. The zero-order valence-electron chi connectivity index (χ0n) is 23.3. The molecule has 3 unspecified atom stereocenters. The highest BCUT2D eigenvalue weighted by molar-refractivity contribution is 5.63. The van der Waals surface area contributed by atoms with E-state index in [4.69, 9.17) is 25.2 Å². The fraction of sp³-hybridized carbons (Fsp3) is 0.633. The summed E-state index contributed by atoms with van der Waals surface area (Å²) in [5, 5.41) is 10.0. The predicted octanol–water partition coefficient (Wildman–Crippen LogP) is 4.42. The molecule has 2 N–H and O–H groups in total. The molecule has 8 nitrogen and oxygen atoms in total. The highest BCUT2D eigenvalue weighted by atomic mass is 19.3. The van der Waals surface area contributed by atoms with Gasteiger partial charge in [-0.1, -0.05) is 6.07 Å². The van der Waals surface area contributed by atoms with E-state index >= 15 is 0 Å². The second kappa shape index (κ2) is 9.46. The normalized spacial score (nSPS) is 30.3. The van der Waals surface area contributed by atoms with Gasteiger partial charge in [0.1, 0.15) is 30.3 Å². The molecule has 0 radical (unpaired) electrons. The maximum absolute atomic E-state index is 14.4. The van der Waals surface area contributed by atoms with Crippen molar-refractivity contribution in [1.29, 1.82) is 5.26 Å². The SMILES string of the molecule is CN(c1nc(OCC23CCCN2CC(F)C3)nc2c1COC1(CCCc3ccc(N)c(C#N)c31)C2)C1CC(F)(F)C1. The Morgan fingerprint density at radius 2 is 2.05 bits per heavy atom. The second-order valence-corrected chi connectivity index (χ2v) is 12.6. The zero-order chi connectivity index (χ0) is 28.6. The van der Waals surface area contributed by atoms with Crippen molar-refractivity contribution in [2.24, 2.45) is 0 Å². The molecule has 218 valence electrons. The van der Waals surface area contributed by atoms with Gasteiger partial charge in [0.25, 0.3) is 5.92 Å². The summed E-state index contributed by atoms with van der Waals surface area (Å²) < 4.78 is 54.9. The molecule has 3 aliphatic heterocycles. The number of alkyl halides is 3. The second-order valence-electron chi connectivity index (χ2n) is 12.6. The number of hydrogen-bond acceptors (Lipinski definition) is 8. The topological polar surface area (TPSA) is 101 Å². The summed E-state index contributed by atoms with van der Waals surface area (Å²) in [6.45, 7) is 1.72. The van der Waals surface area contributed by atoms with Crippen LogP contribution in [0.3, 0.4) is 0 Å². The molecule has 11 heteroatoms. The van der Waals surface area contributed by atoms with Crippen LogP contribution in [0, 0.1) is 11.3 Å². The first-order valence-electron chi connectivity index (χ1n) is 14.6. The van der Waals surface area contributed by atoms with Crippen molar-refractivity contribution in [3.8, 4) is 12.1 Å². The Kier molecular flexibility index (Phi) is 6.18. The molecule has 1 aromatic heterocycles. The smallest absolute Gasteiger partial charge is 0.318 e. The maximum Gasteiger partial charge on any atom is 0.318 e. The number of aryl methyl sites for hydroxylation is 1. The van der Waals surface area contributed by atoms with Crippen molar-refractivity contribution >= 4 is 11.5 Å². The van der Waals surface area contributed by atoms with Gasteiger partial charge in [-0.2, -0.15) is 15.2 Å². The monoisotopic (exact) mass is 568 g/mol. The molecular formula is C30H35F3N6O2. The van der Waals surface area contributed by atoms with Crippen LogP contribution in [0.25, 0.3) is 0 Å². The molecule has 7 rings (SSSR count). The van der Waals surface area contributed by atoms with Gasteiger partial charge in [0.05, 0.1) is 23.4 Å². The van der Waals surface area contributed by atoms with Crippen molar-refractivity contribution in [2.45, 2.75) is 93.7 Å². The Balaban J connectivity index is 1.26. The van der Waals surface area contributed by atoms with Crippen LogP contribution < -0.4 is 15.4 Å². The highest BCUT2D eigenvalue weighted by Crippen LogP contribution is 2.49. The lowest BCUT2D eigenvalue weighted by molar-refractivity contribution is -0.0880. The van der Waals surface area contributed by atoms with Gasteiger partial charge in [-0.3, -0.25) is 4.90 Å². The standard InChI is InChI=1S/C30H35F3N6O2/c1-38(20-11-30(32,33)12-20)26-22-16-41-29(8-2-4-18-5-6-23(35)21(14-34)25(18)29)13-24(22)36-27(37-26)40-17-28-7-3-9-39(28)15-19(31)10-28/h5-6,19-20H,2-4,7-13,15-17,35H2,1H3. The van der Waals surface area contributed by atoms with E-state index in [2.05, 4.69) is 11.0 Å². The molecule has 0 amide bonds. The van der Waals surface area contributed by atoms with Crippen LogP contribution in [-0.2, 0) is 29.8 Å². The van der Waals surface area contributed by atoms with Gasteiger partial charge < -0.3 is 20.1 Å².